The second kappa shape index (κ2) is 7.39. The highest BCUT2D eigenvalue weighted by Crippen LogP contribution is 2.30. The number of hydrogen-bond acceptors (Lipinski definition) is 2. The Hall–Kier alpha value is -2.49. The SMILES string of the molecule is CCC(NC(=O)NC1CCc2ccccc21)c1ccc(OC)cc1. The number of aryl methyl sites for hydroxylation is 1. The Kier molecular flexibility index (Phi) is 5.04. The molecule has 24 heavy (non-hydrogen) atoms. The summed E-state index contributed by atoms with van der Waals surface area (Å²) < 4.78 is 5.19. The summed E-state index contributed by atoms with van der Waals surface area (Å²) in [6, 6.07) is 16.2. The van der Waals surface area contributed by atoms with Crippen molar-refractivity contribution in [2.24, 2.45) is 0 Å². The van der Waals surface area contributed by atoms with Crippen LogP contribution in [0.5, 0.6) is 5.75 Å². The molecule has 0 fully saturated rings. The smallest absolute Gasteiger partial charge is 0.315 e. The lowest BCUT2D eigenvalue weighted by Gasteiger charge is -2.21. The van der Waals surface area contributed by atoms with Crippen molar-refractivity contribution in [2.45, 2.75) is 38.3 Å². The summed E-state index contributed by atoms with van der Waals surface area (Å²) in [5.41, 5.74) is 3.66. The zero-order chi connectivity index (χ0) is 16.9. The number of carbonyl (C=O) groups excluding carboxylic acids is 1. The molecule has 2 N–H and O–H groups in total. The maximum absolute atomic E-state index is 12.4. The number of amides is 2. The average molecular weight is 324 g/mol. The molecule has 0 spiro atoms. The Morgan fingerprint density at radius 2 is 1.96 bits per heavy atom. The number of methoxy groups -OCH3 is 1. The van der Waals surface area contributed by atoms with Gasteiger partial charge in [-0.1, -0.05) is 43.3 Å². The Labute approximate surface area is 143 Å². The topological polar surface area (TPSA) is 50.4 Å². The third-order valence-electron chi connectivity index (χ3n) is 4.67. The number of nitrogens with one attached hydrogen (secondary N) is 2. The maximum Gasteiger partial charge on any atom is 0.315 e. The number of hydrogen-bond donors (Lipinski definition) is 2. The molecule has 0 radical (unpaired) electrons. The van der Waals surface area contributed by atoms with Crippen molar-refractivity contribution in [3.63, 3.8) is 0 Å². The maximum atomic E-state index is 12.4. The standard InChI is InChI=1S/C20H24N2O2/c1-3-18(15-8-11-16(24-2)12-9-15)21-20(23)22-19-13-10-14-6-4-5-7-17(14)19/h4-9,11-12,18-19H,3,10,13H2,1-2H3,(H2,21,22,23). The largest absolute Gasteiger partial charge is 0.497 e. The number of rotatable bonds is 5. The lowest BCUT2D eigenvalue weighted by Crippen LogP contribution is -2.39. The zero-order valence-corrected chi connectivity index (χ0v) is 14.2. The molecule has 0 aliphatic heterocycles. The second-order valence-corrected chi connectivity index (χ2v) is 6.14. The van der Waals surface area contributed by atoms with E-state index in [0.29, 0.717) is 0 Å². The molecule has 0 bridgehead atoms. The van der Waals surface area contributed by atoms with Gasteiger partial charge in [0, 0.05) is 0 Å². The van der Waals surface area contributed by atoms with E-state index in [-0.39, 0.29) is 18.1 Å². The number of carbonyl (C=O) groups is 1. The Bertz CT molecular complexity index is 697. The lowest BCUT2D eigenvalue weighted by atomic mass is 10.0. The van der Waals surface area contributed by atoms with Crippen LogP contribution in [0, 0.1) is 0 Å². The Morgan fingerprint density at radius 3 is 2.67 bits per heavy atom. The number of ether oxygens (including phenoxy) is 1. The molecule has 0 saturated heterocycles. The van der Waals surface area contributed by atoms with Gasteiger partial charge in [0.15, 0.2) is 0 Å². The van der Waals surface area contributed by atoms with E-state index in [0.717, 1.165) is 30.6 Å². The van der Waals surface area contributed by atoms with Gasteiger partial charge >= 0.3 is 6.03 Å². The van der Waals surface area contributed by atoms with Gasteiger partial charge in [-0.05, 0) is 48.1 Å². The van der Waals surface area contributed by atoms with E-state index in [1.807, 2.05) is 30.3 Å². The third-order valence-corrected chi connectivity index (χ3v) is 4.67. The summed E-state index contributed by atoms with van der Waals surface area (Å²) in [6.45, 7) is 2.07. The van der Waals surface area contributed by atoms with Crippen molar-refractivity contribution in [1.29, 1.82) is 0 Å². The predicted octanol–water partition coefficient (Wildman–Crippen LogP) is 4.13. The summed E-state index contributed by atoms with van der Waals surface area (Å²) in [6.07, 6.45) is 2.82. The molecule has 2 aromatic carbocycles. The first-order valence-corrected chi connectivity index (χ1v) is 8.50. The summed E-state index contributed by atoms with van der Waals surface area (Å²) >= 11 is 0. The van der Waals surface area contributed by atoms with Crippen LogP contribution < -0.4 is 15.4 Å². The van der Waals surface area contributed by atoms with Crippen LogP contribution in [0.4, 0.5) is 4.79 Å². The molecule has 2 atom stereocenters. The average Bonchev–Trinajstić information content (AvgIpc) is 3.03. The quantitative estimate of drug-likeness (QED) is 0.868. The highest BCUT2D eigenvalue weighted by molar-refractivity contribution is 5.75. The Morgan fingerprint density at radius 1 is 1.21 bits per heavy atom. The lowest BCUT2D eigenvalue weighted by molar-refractivity contribution is 0.232. The van der Waals surface area contributed by atoms with Crippen LogP contribution in [0.2, 0.25) is 0 Å². The first-order valence-electron chi connectivity index (χ1n) is 8.50. The second-order valence-electron chi connectivity index (χ2n) is 6.14. The van der Waals surface area contributed by atoms with E-state index < -0.39 is 0 Å². The van der Waals surface area contributed by atoms with E-state index in [1.165, 1.54) is 11.1 Å². The van der Waals surface area contributed by atoms with Gasteiger partial charge in [0.05, 0.1) is 19.2 Å². The van der Waals surface area contributed by atoms with E-state index in [9.17, 15) is 4.79 Å². The molecular formula is C20H24N2O2. The monoisotopic (exact) mass is 324 g/mol. The minimum absolute atomic E-state index is 0.00690. The van der Waals surface area contributed by atoms with Gasteiger partial charge in [0.25, 0.3) is 0 Å². The predicted molar refractivity (Wildman–Crippen MR) is 95.2 cm³/mol. The molecule has 1 aliphatic carbocycles. The van der Waals surface area contributed by atoms with Crippen LogP contribution in [0.25, 0.3) is 0 Å². The first-order chi connectivity index (χ1) is 11.7. The molecule has 126 valence electrons. The van der Waals surface area contributed by atoms with Crippen LogP contribution in [0.1, 0.15) is 48.5 Å². The van der Waals surface area contributed by atoms with Crippen LogP contribution in [0.15, 0.2) is 48.5 Å². The van der Waals surface area contributed by atoms with Gasteiger partial charge in [-0.3, -0.25) is 0 Å². The van der Waals surface area contributed by atoms with Gasteiger partial charge < -0.3 is 15.4 Å². The molecular weight excluding hydrogens is 300 g/mol. The number of benzene rings is 2. The van der Waals surface area contributed by atoms with Crippen LogP contribution in [-0.4, -0.2) is 13.1 Å². The summed E-state index contributed by atoms with van der Waals surface area (Å²) in [7, 11) is 1.65. The molecule has 2 amide bonds. The summed E-state index contributed by atoms with van der Waals surface area (Å²) in [5, 5.41) is 6.20. The van der Waals surface area contributed by atoms with Crippen molar-refractivity contribution in [1.82, 2.24) is 10.6 Å². The van der Waals surface area contributed by atoms with Crippen molar-refractivity contribution in [2.75, 3.05) is 7.11 Å². The fraction of sp³-hybridized carbons (Fsp3) is 0.350. The van der Waals surface area contributed by atoms with Crippen molar-refractivity contribution < 1.29 is 9.53 Å². The van der Waals surface area contributed by atoms with Gasteiger partial charge in [-0.2, -0.15) is 0 Å². The molecule has 4 heteroatoms. The fourth-order valence-corrected chi connectivity index (χ4v) is 3.32. The van der Waals surface area contributed by atoms with Gasteiger partial charge in [-0.25, -0.2) is 4.79 Å². The fourth-order valence-electron chi connectivity index (χ4n) is 3.32. The van der Waals surface area contributed by atoms with E-state index >= 15 is 0 Å². The van der Waals surface area contributed by atoms with E-state index in [2.05, 4.69) is 35.8 Å². The van der Waals surface area contributed by atoms with Gasteiger partial charge in [0.2, 0.25) is 0 Å². The van der Waals surface area contributed by atoms with Gasteiger partial charge in [0.1, 0.15) is 5.75 Å². The van der Waals surface area contributed by atoms with Crippen molar-refractivity contribution >= 4 is 6.03 Å². The third kappa shape index (κ3) is 3.53. The van der Waals surface area contributed by atoms with Crippen molar-refractivity contribution in [3.05, 3.63) is 65.2 Å². The molecule has 2 unspecified atom stereocenters. The van der Waals surface area contributed by atoms with Crippen LogP contribution in [0.3, 0.4) is 0 Å². The molecule has 0 saturated carbocycles. The molecule has 1 aliphatic rings. The molecule has 2 aromatic rings. The first kappa shape index (κ1) is 16.4. The van der Waals surface area contributed by atoms with E-state index in [1.54, 1.807) is 7.11 Å². The minimum atomic E-state index is -0.112. The molecule has 0 heterocycles. The number of fused-ring (bicyclic) bond motifs is 1. The molecule has 0 aromatic heterocycles. The highest BCUT2D eigenvalue weighted by atomic mass is 16.5. The normalized spacial score (nSPS) is 17.0. The summed E-state index contributed by atoms with van der Waals surface area (Å²) in [4.78, 5) is 12.4. The summed E-state index contributed by atoms with van der Waals surface area (Å²) in [5.74, 6) is 0.820. The number of urea groups is 1. The van der Waals surface area contributed by atoms with Gasteiger partial charge in [-0.15, -0.1) is 0 Å². The van der Waals surface area contributed by atoms with Crippen LogP contribution in [-0.2, 0) is 6.42 Å². The zero-order valence-electron chi connectivity index (χ0n) is 14.2. The van der Waals surface area contributed by atoms with Crippen molar-refractivity contribution in [3.8, 4) is 5.75 Å². The highest BCUT2D eigenvalue weighted by Gasteiger charge is 2.24. The van der Waals surface area contributed by atoms with Crippen LogP contribution >= 0.6 is 0 Å². The Balaban J connectivity index is 1.63. The minimum Gasteiger partial charge on any atom is -0.497 e. The van der Waals surface area contributed by atoms with E-state index in [4.69, 9.17) is 4.74 Å². The molecule has 4 nitrogen and oxygen atoms in total. The molecule has 3 rings (SSSR count).